The summed E-state index contributed by atoms with van der Waals surface area (Å²) in [5.41, 5.74) is 0. The lowest BCUT2D eigenvalue weighted by molar-refractivity contribution is -0.870. The first-order valence-electron chi connectivity index (χ1n) is 23.6. The quantitative estimate of drug-likeness (QED) is 0.0197. The van der Waals surface area contributed by atoms with Gasteiger partial charge in [-0.25, -0.2) is 0 Å². The normalized spacial score (nSPS) is 13.2. The van der Waals surface area contributed by atoms with Crippen LogP contribution in [0.15, 0.2) is 36.5 Å². The number of rotatable bonds is 43. The minimum Gasteiger partial charge on any atom is -0.545 e. The lowest BCUT2D eigenvalue weighted by Crippen LogP contribution is -2.44. The predicted octanol–water partition coefficient (Wildman–Crippen LogP) is 11.3. The van der Waals surface area contributed by atoms with Crippen LogP contribution in [0.5, 0.6) is 0 Å². The van der Waals surface area contributed by atoms with Crippen molar-refractivity contribution in [1.29, 1.82) is 0 Å². The number of quaternary nitrogens is 1. The second-order valence-corrected chi connectivity index (χ2v) is 17.0. The van der Waals surface area contributed by atoms with Gasteiger partial charge in [0.2, 0.25) is 0 Å². The Morgan fingerprint density at radius 2 is 0.931 bits per heavy atom. The van der Waals surface area contributed by atoms with Crippen LogP contribution in [0.1, 0.15) is 200 Å². The predicted molar refractivity (Wildman–Crippen MR) is 237 cm³/mol. The third kappa shape index (κ3) is 41.7. The Morgan fingerprint density at radius 1 is 0.517 bits per heavy atom. The molecule has 0 N–H and O–H groups in total. The Labute approximate surface area is 356 Å². The van der Waals surface area contributed by atoms with E-state index in [0.717, 1.165) is 70.6 Å². The number of carbonyl (C=O) groups excluding carboxylic acids is 3. The molecule has 9 nitrogen and oxygen atoms in total. The molecule has 0 aliphatic rings. The highest BCUT2D eigenvalue weighted by molar-refractivity contribution is 5.70. The molecule has 0 saturated carbocycles. The SMILES string of the molecule is CCCCCC/C=C\C/C=C\CCCCCCCCCC(=O)OC(COC(=O)CCCCCCC/C=C\CCCCCCCC)COC(OCC[N+](C)(C)C)C(=O)[O-]. The van der Waals surface area contributed by atoms with Gasteiger partial charge in [0.15, 0.2) is 12.4 Å². The summed E-state index contributed by atoms with van der Waals surface area (Å²) in [5, 5.41) is 11.7. The number of esters is 2. The van der Waals surface area contributed by atoms with Crippen LogP contribution in [0.3, 0.4) is 0 Å². The van der Waals surface area contributed by atoms with Crippen molar-refractivity contribution >= 4 is 17.9 Å². The van der Waals surface area contributed by atoms with Crippen molar-refractivity contribution in [2.45, 2.75) is 212 Å². The molecule has 0 heterocycles. The van der Waals surface area contributed by atoms with E-state index >= 15 is 0 Å². The maximum absolute atomic E-state index is 12.8. The molecule has 0 saturated heterocycles. The molecule has 0 fully saturated rings. The van der Waals surface area contributed by atoms with Gasteiger partial charge in [-0.05, 0) is 70.6 Å². The van der Waals surface area contributed by atoms with Crippen molar-refractivity contribution in [3.05, 3.63) is 36.5 Å². The van der Waals surface area contributed by atoms with E-state index in [2.05, 4.69) is 50.3 Å². The molecule has 9 heteroatoms. The number of nitrogens with zero attached hydrogens (tertiary/aromatic N) is 1. The fourth-order valence-corrected chi connectivity index (χ4v) is 6.38. The highest BCUT2D eigenvalue weighted by Crippen LogP contribution is 2.14. The number of hydrogen-bond acceptors (Lipinski definition) is 8. The summed E-state index contributed by atoms with van der Waals surface area (Å²) in [6.45, 7) is 4.70. The van der Waals surface area contributed by atoms with Crippen LogP contribution in [0.25, 0.3) is 0 Å². The summed E-state index contributed by atoms with van der Waals surface area (Å²) in [6.07, 6.45) is 43.1. The third-order valence-electron chi connectivity index (χ3n) is 10.1. The number of hydrogen-bond donors (Lipinski definition) is 0. The van der Waals surface area contributed by atoms with Gasteiger partial charge in [0, 0.05) is 12.8 Å². The molecule has 2 atom stereocenters. The van der Waals surface area contributed by atoms with Crippen LogP contribution < -0.4 is 5.11 Å². The number of likely N-dealkylation sites (N-methyl/N-ethyl adjacent to an activating group) is 1. The average molecular weight is 820 g/mol. The first-order chi connectivity index (χ1) is 28.1. The number of aliphatic carboxylic acids is 1. The van der Waals surface area contributed by atoms with Gasteiger partial charge in [-0.15, -0.1) is 0 Å². The molecule has 0 aromatic rings. The van der Waals surface area contributed by atoms with Crippen LogP contribution in [-0.4, -0.2) is 82.3 Å². The van der Waals surface area contributed by atoms with E-state index in [-0.39, 0.29) is 38.6 Å². The molecule has 0 rings (SSSR count). The van der Waals surface area contributed by atoms with E-state index in [1.807, 2.05) is 21.1 Å². The number of carboxylic acid groups (broad SMARTS) is 1. The zero-order valence-corrected chi connectivity index (χ0v) is 38.2. The molecule has 0 aromatic heterocycles. The number of carbonyl (C=O) groups is 3. The number of carboxylic acids is 1. The topological polar surface area (TPSA) is 111 Å². The Bertz CT molecular complexity index is 1050. The van der Waals surface area contributed by atoms with Gasteiger partial charge in [-0.2, -0.15) is 0 Å². The summed E-state index contributed by atoms with van der Waals surface area (Å²) >= 11 is 0. The number of allylic oxidation sites excluding steroid dienone is 6. The smallest absolute Gasteiger partial charge is 0.306 e. The zero-order valence-electron chi connectivity index (χ0n) is 38.2. The van der Waals surface area contributed by atoms with Gasteiger partial charge >= 0.3 is 11.9 Å². The minimum absolute atomic E-state index is 0.145. The summed E-state index contributed by atoms with van der Waals surface area (Å²) < 4.78 is 22.6. The van der Waals surface area contributed by atoms with Gasteiger partial charge in [-0.3, -0.25) is 9.59 Å². The second-order valence-electron chi connectivity index (χ2n) is 17.0. The van der Waals surface area contributed by atoms with Crippen molar-refractivity contribution in [3.63, 3.8) is 0 Å². The molecule has 338 valence electrons. The second kappa shape index (κ2) is 41.3. The van der Waals surface area contributed by atoms with Crippen molar-refractivity contribution in [1.82, 2.24) is 0 Å². The molecule has 0 aliphatic carbocycles. The fourth-order valence-electron chi connectivity index (χ4n) is 6.38. The molecule has 58 heavy (non-hydrogen) atoms. The molecule has 0 bridgehead atoms. The first-order valence-corrected chi connectivity index (χ1v) is 23.6. The molecule has 0 radical (unpaired) electrons. The molecular weight excluding hydrogens is 731 g/mol. The van der Waals surface area contributed by atoms with Crippen LogP contribution in [0.2, 0.25) is 0 Å². The molecule has 0 aromatic carbocycles. The van der Waals surface area contributed by atoms with E-state index in [1.54, 1.807) is 0 Å². The highest BCUT2D eigenvalue weighted by atomic mass is 16.7. The van der Waals surface area contributed by atoms with Crippen LogP contribution in [0.4, 0.5) is 0 Å². The van der Waals surface area contributed by atoms with Gasteiger partial charge in [0.05, 0.1) is 40.3 Å². The maximum Gasteiger partial charge on any atom is 0.306 e. The van der Waals surface area contributed by atoms with Gasteiger partial charge < -0.3 is 33.3 Å². The lowest BCUT2D eigenvalue weighted by Gasteiger charge is -2.26. The maximum atomic E-state index is 12.8. The van der Waals surface area contributed by atoms with Crippen molar-refractivity contribution in [2.75, 3.05) is 47.5 Å². The molecular formula is C49H89NO8. The Morgan fingerprint density at radius 3 is 1.40 bits per heavy atom. The van der Waals surface area contributed by atoms with E-state index in [0.29, 0.717) is 17.4 Å². The Hall–Kier alpha value is -2.49. The number of ether oxygens (including phenoxy) is 4. The van der Waals surface area contributed by atoms with Crippen LogP contribution >= 0.6 is 0 Å². The van der Waals surface area contributed by atoms with E-state index in [4.69, 9.17) is 18.9 Å². The molecule has 2 unspecified atom stereocenters. The Kier molecular flexibility index (Phi) is 39.5. The monoisotopic (exact) mass is 820 g/mol. The summed E-state index contributed by atoms with van der Waals surface area (Å²) in [7, 11) is 5.90. The van der Waals surface area contributed by atoms with Crippen molar-refractivity contribution in [2.24, 2.45) is 0 Å². The lowest BCUT2D eigenvalue weighted by atomic mass is 10.1. The van der Waals surface area contributed by atoms with Gasteiger partial charge in [-0.1, -0.05) is 153 Å². The van der Waals surface area contributed by atoms with Crippen LogP contribution in [0, 0.1) is 0 Å². The van der Waals surface area contributed by atoms with E-state index < -0.39 is 24.3 Å². The molecule has 0 aliphatic heterocycles. The average Bonchev–Trinajstić information content (AvgIpc) is 3.18. The van der Waals surface area contributed by atoms with Crippen molar-refractivity contribution < 1.29 is 42.9 Å². The number of unbranched alkanes of at least 4 members (excludes halogenated alkanes) is 22. The molecule has 0 spiro atoms. The summed E-state index contributed by atoms with van der Waals surface area (Å²) in [4.78, 5) is 37.0. The van der Waals surface area contributed by atoms with E-state index in [9.17, 15) is 19.5 Å². The van der Waals surface area contributed by atoms with Crippen LogP contribution in [-0.2, 0) is 33.3 Å². The first kappa shape index (κ1) is 55.5. The summed E-state index contributed by atoms with van der Waals surface area (Å²) in [5.74, 6) is -2.30. The molecule has 0 amide bonds. The largest absolute Gasteiger partial charge is 0.545 e. The van der Waals surface area contributed by atoms with Gasteiger partial charge in [0.1, 0.15) is 13.2 Å². The standard InChI is InChI=1S/C49H89NO8/c1-6-8-10-12-14-16-18-20-22-23-24-26-28-30-32-34-36-38-40-47(52)58-45(44-57-49(48(53)54)55-42-41-50(3,4)5)43-56-46(51)39-37-35-33-31-29-27-25-21-19-17-15-13-11-9-7-2/h16,18,21-23,25,45,49H,6-15,17,19-20,24,26-44H2,1-5H3/b18-16-,23-22-,25-21-. The van der Waals surface area contributed by atoms with Crippen molar-refractivity contribution in [3.8, 4) is 0 Å². The Balaban J connectivity index is 4.43. The third-order valence-corrected chi connectivity index (χ3v) is 10.1. The zero-order chi connectivity index (χ0) is 42.8. The fraction of sp³-hybridized carbons (Fsp3) is 0.816. The van der Waals surface area contributed by atoms with E-state index in [1.165, 1.54) is 96.3 Å². The highest BCUT2D eigenvalue weighted by Gasteiger charge is 2.21. The summed E-state index contributed by atoms with van der Waals surface area (Å²) in [6, 6.07) is 0. The van der Waals surface area contributed by atoms with Gasteiger partial charge in [0.25, 0.3) is 0 Å². The minimum atomic E-state index is -1.62.